The first kappa shape index (κ1) is 25.2. The van der Waals surface area contributed by atoms with E-state index in [-0.39, 0.29) is 25.4 Å². The van der Waals surface area contributed by atoms with Crippen molar-refractivity contribution in [1.29, 1.82) is 0 Å². The van der Waals surface area contributed by atoms with Crippen LogP contribution in [0.2, 0.25) is 0 Å². The van der Waals surface area contributed by atoms with Crippen LogP contribution in [0.5, 0.6) is 0 Å². The SMILES string of the molecule is C=CC[C@H](NC(=O)OC(C)(C)C)C(=O)N1CC(C2NCc3ccccc32)CC1(C(=O)O)C(=O)O. The molecule has 1 saturated heterocycles. The largest absolute Gasteiger partial charge is 0.479 e. The lowest BCUT2D eigenvalue weighted by Crippen LogP contribution is -2.62. The molecular formula is C24H31N3O7. The average Bonchev–Trinajstić information content (AvgIpc) is 3.34. The Morgan fingerprint density at radius 2 is 1.91 bits per heavy atom. The summed E-state index contributed by atoms with van der Waals surface area (Å²) < 4.78 is 5.22. The van der Waals surface area contributed by atoms with E-state index < -0.39 is 47.0 Å². The highest BCUT2D eigenvalue weighted by Crippen LogP contribution is 2.43. The molecule has 3 atom stereocenters. The molecule has 0 saturated carbocycles. The van der Waals surface area contributed by atoms with Crippen molar-refractivity contribution in [2.24, 2.45) is 5.92 Å². The van der Waals surface area contributed by atoms with Gasteiger partial charge in [0.15, 0.2) is 0 Å². The predicted octanol–water partition coefficient (Wildman–Crippen LogP) is 2.06. The molecule has 2 aliphatic rings. The van der Waals surface area contributed by atoms with E-state index in [4.69, 9.17) is 4.74 Å². The summed E-state index contributed by atoms with van der Waals surface area (Å²) >= 11 is 0. The molecule has 4 N–H and O–H groups in total. The molecule has 1 aromatic carbocycles. The molecule has 2 unspecified atom stereocenters. The molecule has 10 nitrogen and oxygen atoms in total. The van der Waals surface area contributed by atoms with Gasteiger partial charge in [0.2, 0.25) is 11.4 Å². The topological polar surface area (TPSA) is 145 Å². The van der Waals surface area contributed by atoms with Gasteiger partial charge in [0, 0.05) is 19.1 Å². The van der Waals surface area contributed by atoms with Crippen LogP contribution in [0.3, 0.4) is 0 Å². The lowest BCUT2D eigenvalue weighted by atomic mass is 9.86. The van der Waals surface area contributed by atoms with Crippen LogP contribution in [0.25, 0.3) is 0 Å². The van der Waals surface area contributed by atoms with Crippen LogP contribution >= 0.6 is 0 Å². The number of amides is 2. The van der Waals surface area contributed by atoms with E-state index in [0.717, 1.165) is 16.0 Å². The van der Waals surface area contributed by atoms with E-state index in [1.165, 1.54) is 6.08 Å². The number of carbonyl (C=O) groups is 4. The summed E-state index contributed by atoms with van der Waals surface area (Å²) in [4.78, 5) is 51.4. The van der Waals surface area contributed by atoms with Crippen molar-refractivity contribution in [1.82, 2.24) is 15.5 Å². The molecule has 0 bridgehead atoms. The number of ether oxygens (including phenoxy) is 1. The Bertz CT molecular complexity index is 987. The van der Waals surface area contributed by atoms with Gasteiger partial charge in [-0.2, -0.15) is 0 Å². The van der Waals surface area contributed by atoms with E-state index in [2.05, 4.69) is 17.2 Å². The van der Waals surface area contributed by atoms with Gasteiger partial charge in [-0.05, 0) is 50.7 Å². The summed E-state index contributed by atoms with van der Waals surface area (Å²) in [5.74, 6) is -4.54. The molecule has 3 rings (SSSR count). The van der Waals surface area contributed by atoms with E-state index >= 15 is 0 Å². The molecule has 2 aliphatic heterocycles. The van der Waals surface area contributed by atoms with Crippen molar-refractivity contribution >= 4 is 23.9 Å². The second-order valence-corrected chi connectivity index (χ2v) is 9.66. The highest BCUT2D eigenvalue weighted by Gasteiger charge is 2.61. The number of rotatable bonds is 7. The van der Waals surface area contributed by atoms with E-state index in [9.17, 15) is 29.4 Å². The zero-order valence-electron chi connectivity index (χ0n) is 19.5. The first-order valence-electron chi connectivity index (χ1n) is 11.1. The fourth-order valence-electron chi connectivity index (χ4n) is 4.72. The fourth-order valence-corrected chi connectivity index (χ4v) is 4.72. The normalized spacial score (nSPS) is 21.9. The van der Waals surface area contributed by atoms with Gasteiger partial charge in [-0.1, -0.05) is 30.3 Å². The van der Waals surface area contributed by atoms with Gasteiger partial charge < -0.3 is 30.5 Å². The first-order valence-corrected chi connectivity index (χ1v) is 11.1. The molecule has 0 spiro atoms. The van der Waals surface area contributed by atoms with Gasteiger partial charge in [0.05, 0.1) is 0 Å². The number of fused-ring (bicyclic) bond motifs is 1. The van der Waals surface area contributed by atoms with Crippen LogP contribution in [-0.4, -0.2) is 62.8 Å². The van der Waals surface area contributed by atoms with Crippen molar-refractivity contribution in [2.75, 3.05) is 6.54 Å². The van der Waals surface area contributed by atoms with E-state index in [1.54, 1.807) is 20.8 Å². The van der Waals surface area contributed by atoms with Gasteiger partial charge in [-0.15, -0.1) is 6.58 Å². The molecule has 0 aromatic heterocycles. The van der Waals surface area contributed by atoms with Gasteiger partial charge in [-0.3, -0.25) is 4.79 Å². The number of aliphatic carboxylic acids is 2. The molecule has 2 amide bonds. The average molecular weight is 474 g/mol. The van der Waals surface area contributed by atoms with Crippen LogP contribution in [-0.2, 0) is 25.7 Å². The predicted molar refractivity (Wildman–Crippen MR) is 122 cm³/mol. The van der Waals surface area contributed by atoms with Crippen molar-refractivity contribution in [3.8, 4) is 0 Å². The van der Waals surface area contributed by atoms with Crippen molar-refractivity contribution < 1.29 is 34.1 Å². The standard InChI is InChI=1S/C24H31N3O7/c1-5-8-17(26-22(33)34-23(2,3)4)19(28)27-13-15(11-24(27,20(29)30)21(31)32)18-16-10-7-6-9-14(16)12-25-18/h5-7,9-10,15,17-18,25H,1,8,11-13H2,2-4H3,(H,26,33)(H,29,30)(H,31,32)/t15?,17-,18?/m0/s1. The molecule has 2 heterocycles. The van der Waals surface area contributed by atoms with Crippen LogP contribution in [0.4, 0.5) is 4.79 Å². The summed E-state index contributed by atoms with van der Waals surface area (Å²) in [5, 5.41) is 25.8. The molecule has 184 valence electrons. The Hall–Kier alpha value is -3.40. The molecule has 0 radical (unpaired) electrons. The minimum atomic E-state index is -2.46. The Morgan fingerprint density at radius 3 is 2.50 bits per heavy atom. The van der Waals surface area contributed by atoms with Crippen molar-refractivity contribution in [3.05, 3.63) is 48.0 Å². The van der Waals surface area contributed by atoms with Crippen LogP contribution in [0.1, 0.15) is 50.8 Å². The summed E-state index contributed by atoms with van der Waals surface area (Å²) in [5.41, 5.74) is -1.28. The highest BCUT2D eigenvalue weighted by atomic mass is 16.6. The smallest absolute Gasteiger partial charge is 0.408 e. The summed E-state index contributed by atoms with van der Waals surface area (Å²) in [6.45, 7) is 9.04. The Kier molecular flexibility index (Phi) is 7.02. The first-order chi connectivity index (χ1) is 15.9. The minimum absolute atomic E-state index is 0.0287. The van der Waals surface area contributed by atoms with E-state index in [0.29, 0.717) is 6.54 Å². The zero-order chi connectivity index (χ0) is 25.3. The summed E-state index contributed by atoms with van der Waals surface area (Å²) in [6.07, 6.45) is 0.221. The molecule has 1 aromatic rings. The maximum absolute atomic E-state index is 13.5. The number of nitrogens with zero attached hydrogens (tertiary/aromatic N) is 1. The van der Waals surface area contributed by atoms with Crippen LogP contribution < -0.4 is 10.6 Å². The zero-order valence-corrected chi connectivity index (χ0v) is 19.5. The third kappa shape index (κ3) is 4.77. The second-order valence-electron chi connectivity index (χ2n) is 9.66. The number of alkyl carbamates (subject to hydrolysis) is 1. The minimum Gasteiger partial charge on any atom is -0.479 e. The molecule has 1 fully saturated rings. The van der Waals surface area contributed by atoms with Gasteiger partial charge in [0.25, 0.3) is 0 Å². The maximum atomic E-state index is 13.5. The van der Waals surface area contributed by atoms with E-state index in [1.807, 2.05) is 24.3 Å². The molecule has 34 heavy (non-hydrogen) atoms. The van der Waals surface area contributed by atoms with Crippen molar-refractivity contribution in [2.45, 2.75) is 63.4 Å². The molecule has 0 aliphatic carbocycles. The number of carbonyl (C=O) groups excluding carboxylic acids is 2. The number of benzene rings is 1. The Morgan fingerprint density at radius 1 is 1.26 bits per heavy atom. The monoisotopic (exact) mass is 473 g/mol. The third-order valence-electron chi connectivity index (χ3n) is 6.17. The van der Waals surface area contributed by atoms with Crippen LogP contribution in [0.15, 0.2) is 36.9 Å². The Balaban J connectivity index is 1.93. The van der Waals surface area contributed by atoms with Crippen molar-refractivity contribution in [3.63, 3.8) is 0 Å². The number of hydrogen-bond donors (Lipinski definition) is 4. The second kappa shape index (κ2) is 9.46. The summed E-state index contributed by atoms with van der Waals surface area (Å²) in [7, 11) is 0. The lowest BCUT2D eigenvalue weighted by Gasteiger charge is -2.33. The third-order valence-corrected chi connectivity index (χ3v) is 6.17. The lowest BCUT2D eigenvalue weighted by molar-refractivity contribution is -0.170. The maximum Gasteiger partial charge on any atom is 0.408 e. The number of carboxylic acids is 2. The Labute approximate surface area is 198 Å². The number of hydrogen-bond acceptors (Lipinski definition) is 6. The number of nitrogens with one attached hydrogen (secondary N) is 2. The van der Waals surface area contributed by atoms with Gasteiger partial charge >= 0.3 is 18.0 Å². The van der Waals surface area contributed by atoms with Crippen LogP contribution in [0, 0.1) is 5.92 Å². The number of carboxylic acid groups (broad SMARTS) is 2. The quantitative estimate of drug-likeness (QED) is 0.348. The molecule has 10 heteroatoms. The molecular weight excluding hydrogens is 442 g/mol. The van der Waals surface area contributed by atoms with Gasteiger partial charge in [0.1, 0.15) is 11.6 Å². The number of likely N-dealkylation sites (tertiary alicyclic amines) is 1. The highest BCUT2D eigenvalue weighted by molar-refractivity contribution is 6.07. The fraction of sp³-hybridized carbons (Fsp3) is 0.500. The summed E-state index contributed by atoms with van der Waals surface area (Å²) in [6, 6.07) is 6.10. The van der Waals surface area contributed by atoms with Gasteiger partial charge in [-0.25, -0.2) is 14.4 Å².